The molecular formula is C17H17ClN2O2. The summed E-state index contributed by atoms with van der Waals surface area (Å²) in [5, 5.41) is 12.1. The summed E-state index contributed by atoms with van der Waals surface area (Å²) in [6.45, 7) is 1.92. The fourth-order valence-corrected chi connectivity index (χ4v) is 3.21. The van der Waals surface area contributed by atoms with Gasteiger partial charge in [-0.3, -0.25) is 15.0 Å². The van der Waals surface area contributed by atoms with Crippen molar-refractivity contribution in [1.29, 1.82) is 0 Å². The first kappa shape index (κ1) is 15.0. The Morgan fingerprint density at radius 1 is 1.09 bits per heavy atom. The average Bonchev–Trinajstić information content (AvgIpc) is 2.93. The van der Waals surface area contributed by atoms with Crippen molar-refractivity contribution < 1.29 is 4.92 Å². The molecule has 114 valence electrons. The van der Waals surface area contributed by atoms with Gasteiger partial charge in [-0.05, 0) is 23.3 Å². The van der Waals surface area contributed by atoms with Crippen LogP contribution in [0.25, 0.3) is 0 Å². The van der Waals surface area contributed by atoms with Crippen LogP contribution < -0.4 is 0 Å². The Morgan fingerprint density at radius 2 is 1.77 bits per heavy atom. The lowest BCUT2D eigenvalue weighted by Crippen LogP contribution is -2.28. The molecule has 2 atom stereocenters. The Kier molecular flexibility index (Phi) is 4.41. The van der Waals surface area contributed by atoms with Gasteiger partial charge in [0.15, 0.2) is 0 Å². The highest BCUT2D eigenvalue weighted by molar-refractivity contribution is 6.30. The maximum atomic E-state index is 11.4. The number of benzene rings is 2. The van der Waals surface area contributed by atoms with Crippen LogP contribution in [-0.2, 0) is 6.54 Å². The molecule has 2 aromatic rings. The normalized spacial score (nSPS) is 21.9. The molecule has 5 heteroatoms. The topological polar surface area (TPSA) is 46.4 Å². The van der Waals surface area contributed by atoms with Gasteiger partial charge in [-0.1, -0.05) is 54.1 Å². The van der Waals surface area contributed by atoms with E-state index < -0.39 is 6.04 Å². The number of hydrogen-bond acceptors (Lipinski definition) is 3. The Hall–Kier alpha value is -1.91. The number of nitro groups is 1. The molecule has 1 aliphatic heterocycles. The number of likely N-dealkylation sites (tertiary alicyclic amines) is 1. The molecule has 22 heavy (non-hydrogen) atoms. The minimum atomic E-state index is -0.565. The minimum Gasteiger partial charge on any atom is -0.292 e. The molecule has 0 saturated carbocycles. The zero-order valence-corrected chi connectivity index (χ0v) is 12.8. The summed E-state index contributed by atoms with van der Waals surface area (Å²) in [6.07, 6.45) is 0. The molecular weight excluding hydrogens is 300 g/mol. The van der Waals surface area contributed by atoms with Crippen molar-refractivity contribution in [3.8, 4) is 0 Å². The molecule has 4 nitrogen and oxygen atoms in total. The zero-order valence-electron chi connectivity index (χ0n) is 12.1. The van der Waals surface area contributed by atoms with Crippen molar-refractivity contribution in [2.45, 2.75) is 18.5 Å². The van der Waals surface area contributed by atoms with E-state index in [1.165, 1.54) is 5.56 Å². The van der Waals surface area contributed by atoms with E-state index in [9.17, 15) is 10.1 Å². The van der Waals surface area contributed by atoms with Gasteiger partial charge in [-0.2, -0.15) is 0 Å². The Morgan fingerprint density at radius 3 is 2.41 bits per heavy atom. The van der Waals surface area contributed by atoms with E-state index >= 15 is 0 Å². The highest BCUT2D eigenvalue weighted by Crippen LogP contribution is 2.31. The van der Waals surface area contributed by atoms with Gasteiger partial charge >= 0.3 is 0 Å². The van der Waals surface area contributed by atoms with Crippen LogP contribution in [0.2, 0.25) is 5.02 Å². The summed E-state index contributed by atoms with van der Waals surface area (Å²) in [5.41, 5.74) is 2.17. The monoisotopic (exact) mass is 316 g/mol. The fourth-order valence-electron chi connectivity index (χ4n) is 3.09. The van der Waals surface area contributed by atoms with Crippen LogP contribution in [0.15, 0.2) is 54.6 Å². The van der Waals surface area contributed by atoms with E-state index in [1.807, 2.05) is 30.3 Å². The van der Waals surface area contributed by atoms with Gasteiger partial charge < -0.3 is 0 Å². The van der Waals surface area contributed by atoms with Gasteiger partial charge in [0.25, 0.3) is 0 Å². The molecule has 1 heterocycles. The third-order valence-corrected chi connectivity index (χ3v) is 4.43. The SMILES string of the molecule is O=[N+]([O-])[C@@H]1CN(Cc2ccccc2)C[C@@H]1c1ccc(Cl)cc1. The number of halogens is 1. The van der Waals surface area contributed by atoms with Crippen LogP contribution in [0.1, 0.15) is 17.0 Å². The minimum absolute atomic E-state index is 0.0871. The molecule has 0 radical (unpaired) electrons. The van der Waals surface area contributed by atoms with Gasteiger partial charge in [0.2, 0.25) is 6.04 Å². The van der Waals surface area contributed by atoms with Gasteiger partial charge in [-0.15, -0.1) is 0 Å². The maximum absolute atomic E-state index is 11.4. The molecule has 0 N–H and O–H groups in total. The van der Waals surface area contributed by atoms with E-state index in [-0.39, 0.29) is 10.8 Å². The third-order valence-electron chi connectivity index (χ3n) is 4.18. The summed E-state index contributed by atoms with van der Waals surface area (Å²) < 4.78 is 0. The van der Waals surface area contributed by atoms with Crippen LogP contribution >= 0.6 is 11.6 Å². The lowest BCUT2D eigenvalue weighted by Gasteiger charge is -2.15. The van der Waals surface area contributed by atoms with Gasteiger partial charge in [0.1, 0.15) is 0 Å². The van der Waals surface area contributed by atoms with Crippen molar-refractivity contribution in [1.82, 2.24) is 4.90 Å². The molecule has 2 aromatic carbocycles. The Labute approximate surface area is 134 Å². The molecule has 0 bridgehead atoms. The van der Waals surface area contributed by atoms with E-state index in [2.05, 4.69) is 17.0 Å². The summed E-state index contributed by atoms with van der Waals surface area (Å²) >= 11 is 5.91. The first-order valence-electron chi connectivity index (χ1n) is 7.29. The van der Waals surface area contributed by atoms with Crippen molar-refractivity contribution in [3.63, 3.8) is 0 Å². The summed E-state index contributed by atoms with van der Waals surface area (Å²) in [5.74, 6) is -0.0871. The van der Waals surface area contributed by atoms with Crippen LogP contribution in [0.5, 0.6) is 0 Å². The van der Waals surface area contributed by atoms with E-state index in [1.54, 1.807) is 12.1 Å². The molecule has 1 saturated heterocycles. The third kappa shape index (κ3) is 3.29. The molecule has 0 unspecified atom stereocenters. The first-order chi connectivity index (χ1) is 10.6. The highest BCUT2D eigenvalue weighted by atomic mass is 35.5. The summed E-state index contributed by atoms with van der Waals surface area (Å²) in [7, 11) is 0. The van der Waals surface area contributed by atoms with Gasteiger partial charge in [-0.25, -0.2) is 0 Å². The molecule has 0 amide bonds. The average molecular weight is 317 g/mol. The van der Waals surface area contributed by atoms with Crippen LogP contribution in [0.3, 0.4) is 0 Å². The molecule has 1 aliphatic rings. The smallest absolute Gasteiger partial charge is 0.233 e. The molecule has 3 rings (SSSR count). The lowest BCUT2D eigenvalue weighted by atomic mass is 9.95. The second-order valence-electron chi connectivity index (χ2n) is 5.69. The largest absolute Gasteiger partial charge is 0.292 e. The zero-order chi connectivity index (χ0) is 15.5. The number of hydrogen-bond donors (Lipinski definition) is 0. The van der Waals surface area contributed by atoms with Crippen LogP contribution in [0.4, 0.5) is 0 Å². The Bertz CT molecular complexity index is 645. The van der Waals surface area contributed by atoms with Crippen LogP contribution in [0, 0.1) is 10.1 Å². The van der Waals surface area contributed by atoms with E-state index in [4.69, 9.17) is 11.6 Å². The standard InChI is InChI=1S/C17H17ClN2O2/c18-15-8-6-14(7-9-15)16-11-19(12-17(16)20(21)22)10-13-4-2-1-3-5-13/h1-9,16-17H,10-12H2/t16-,17-/m1/s1. The molecule has 1 fully saturated rings. The summed E-state index contributed by atoms with van der Waals surface area (Å²) in [4.78, 5) is 13.4. The highest BCUT2D eigenvalue weighted by Gasteiger charge is 2.41. The van der Waals surface area contributed by atoms with Gasteiger partial charge in [0, 0.05) is 23.0 Å². The molecule has 0 aromatic heterocycles. The number of nitrogens with zero attached hydrogens (tertiary/aromatic N) is 2. The fraction of sp³-hybridized carbons (Fsp3) is 0.294. The predicted molar refractivity (Wildman–Crippen MR) is 86.7 cm³/mol. The second kappa shape index (κ2) is 6.46. The van der Waals surface area contributed by atoms with Crippen molar-refractivity contribution >= 4 is 11.6 Å². The molecule has 0 aliphatic carbocycles. The van der Waals surface area contributed by atoms with Crippen LogP contribution in [-0.4, -0.2) is 29.0 Å². The number of rotatable bonds is 4. The van der Waals surface area contributed by atoms with Gasteiger partial charge in [0.05, 0.1) is 12.5 Å². The summed E-state index contributed by atoms with van der Waals surface area (Å²) in [6, 6.07) is 16.9. The lowest BCUT2D eigenvalue weighted by molar-refractivity contribution is -0.521. The predicted octanol–water partition coefficient (Wildman–Crippen LogP) is 3.58. The van der Waals surface area contributed by atoms with E-state index in [0.717, 1.165) is 12.1 Å². The van der Waals surface area contributed by atoms with Crippen molar-refractivity contribution in [2.75, 3.05) is 13.1 Å². The first-order valence-corrected chi connectivity index (χ1v) is 7.66. The second-order valence-corrected chi connectivity index (χ2v) is 6.13. The van der Waals surface area contributed by atoms with Crippen molar-refractivity contribution in [2.24, 2.45) is 0 Å². The van der Waals surface area contributed by atoms with Crippen molar-refractivity contribution in [3.05, 3.63) is 80.9 Å². The molecule has 0 spiro atoms. The maximum Gasteiger partial charge on any atom is 0.233 e. The van der Waals surface area contributed by atoms with E-state index in [0.29, 0.717) is 18.1 Å². The quantitative estimate of drug-likeness (QED) is 0.639. The Balaban J connectivity index is 1.77.